The summed E-state index contributed by atoms with van der Waals surface area (Å²) in [5, 5.41) is 3.36. The van der Waals surface area contributed by atoms with Gasteiger partial charge in [0.1, 0.15) is 0 Å². The number of aromatic nitrogens is 3. The summed E-state index contributed by atoms with van der Waals surface area (Å²) in [6.45, 7) is 3.55. The summed E-state index contributed by atoms with van der Waals surface area (Å²) >= 11 is 1.20. The first-order valence-electron chi connectivity index (χ1n) is 11.2. The van der Waals surface area contributed by atoms with Crippen LogP contribution < -0.4 is 10.9 Å². The first-order chi connectivity index (χ1) is 15.2. The lowest BCUT2D eigenvalue weighted by atomic mass is 9.53. The Morgan fingerprint density at radius 1 is 1.19 bits per heavy atom. The van der Waals surface area contributed by atoms with E-state index in [0.29, 0.717) is 10.9 Å². The number of nitrogens with zero attached hydrogens (tertiary/aromatic N) is 2. The Balaban J connectivity index is 1.36. The van der Waals surface area contributed by atoms with Crippen molar-refractivity contribution in [3.05, 3.63) is 27.7 Å². The summed E-state index contributed by atoms with van der Waals surface area (Å²) in [5.41, 5.74) is 0.329. The number of hydrogen-bond acceptors (Lipinski definition) is 7. The Kier molecular flexibility index (Phi) is 5.27. The van der Waals surface area contributed by atoms with Crippen molar-refractivity contribution in [3.63, 3.8) is 0 Å². The molecule has 4 aliphatic carbocycles. The average molecular weight is 457 g/mol. The van der Waals surface area contributed by atoms with Crippen LogP contribution in [0.3, 0.4) is 0 Å². The highest BCUT2D eigenvalue weighted by Gasteiger charge is 2.51. The Morgan fingerprint density at radius 2 is 1.81 bits per heavy atom. The number of carbonyl (C=O) groups excluding carboxylic acids is 2. The highest BCUT2D eigenvalue weighted by atomic mass is 32.2. The van der Waals surface area contributed by atoms with Crippen molar-refractivity contribution in [1.82, 2.24) is 20.3 Å². The van der Waals surface area contributed by atoms with Crippen molar-refractivity contribution in [1.29, 1.82) is 0 Å². The number of carbonyl (C=O) groups is 2. The van der Waals surface area contributed by atoms with E-state index >= 15 is 0 Å². The van der Waals surface area contributed by atoms with Gasteiger partial charge in [0.15, 0.2) is 10.8 Å². The zero-order chi connectivity index (χ0) is 22.6. The van der Waals surface area contributed by atoms with Crippen molar-refractivity contribution >= 4 is 34.7 Å². The lowest BCUT2D eigenvalue weighted by Crippen LogP contribution is -2.60. The number of esters is 1. The van der Waals surface area contributed by atoms with Crippen LogP contribution in [-0.4, -0.2) is 44.7 Å². The largest absolute Gasteiger partial charge is 0.465 e. The van der Waals surface area contributed by atoms with E-state index in [1.807, 2.05) is 6.92 Å². The van der Waals surface area contributed by atoms with Crippen LogP contribution >= 0.6 is 11.8 Å². The third-order valence-electron chi connectivity index (χ3n) is 7.27. The number of ether oxygens (including phenoxy) is 1. The number of H-pyrrole nitrogens is 1. The van der Waals surface area contributed by atoms with Crippen molar-refractivity contribution in [3.8, 4) is 0 Å². The minimum absolute atomic E-state index is 0.0212. The molecule has 32 heavy (non-hydrogen) atoms. The molecule has 2 N–H and O–H groups in total. The van der Waals surface area contributed by atoms with E-state index < -0.39 is 16.8 Å². The maximum Gasteiger partial charge on any atom is 0.338 e. The molecule has 4 saturated carbocycles. The zero-order valence-electron chi connectivity index (χ0n) is 18.6. The highest BCUT2D eigenvalue weighted by molar-refractivity contribution is 8.00. The van der Waals surface area contributed by atoms with E-state index in [-0.39, 0.29) is 28.0 Å². The van der Waals surface area contributed by atoms with Crippen LogP contribution in [0, 0.1) is 24.7 Å². The standard InChI is InChI=1S/C23H28N4O4S/c1-11-4-16(21(30)31-3)17-18(24-11)25-22(26-20(17)29)32-12(2)19(28)27-23-8-13-5-14(9-23)7-15(6-13)10-23/h4,12-15H,5-10H2,1-3H3,(H,27,28)(H,24,25,26,29). The van der Waals surface area contributed by atoms with Crippen LogP contribution in [-0.2, 0) is 9.53 Å². The molecule has 0 spiro atoms. The summed E-state index contributed by atoms with van der Waals surface area (Å²) < 4.78 is 4.79. The fourth-order valence-corrected chi connectivity index (χ4v) is 7.21. The Labute approximate surface area is 190 Å². The van der Waals surface area contributed by atoms with E-state index in [9.17, 15) is 14.4 Å². The maximum atomic E-state index is 13.1. The van der Waals surface area contributed by atoms with Crippen LogP contribution in [0.15, 0.2) is 16.0 Å². The Bertz CT molecular complexity index is 1130. The van der Waals surface area contributed by atoms with E-state index in [1.165, 1.54) is 44.2 Å². The summed E-state index contributed by atoms with van der Waals surface area (Å²) in [7, 11) is 1.26. The normalized spacial score (nSPS) is 29.2. The highest BCUT2D eigenvalue weighted by Crippen LogP contribution is 2.55. The molecule has 4 bridgehead atoms. The molecule has 2 aromatic rings. The van der Waals surface area contributed by atoms with E-state index in [4.69, 9.17) is 4.74 Å². The van der Waals surface area contributed by atoms with Gasteiger partial charge in [-0.1, -0.05) is 11.8 Å². The lowest BCUT2D eigenvalue weighted by Gasteiger charge is -2.57. The SMILES string of the molecule is COC(=O)c1cc(C)nc2nc(SC(C)C(=O)NC34CC5CC(CC(C5)C3)C4)[nH]c(=O)c12. The molecule has 0 saturated heterocycles. The van der Waals surface area contributed by atoms with Crippen LogP contribution in [0.4, 0.5) is 0 Å². The third-order valence-corrected chi connectivity index (χ3v) is 8.26. The predicted octanol–water partition coefficient (Wildman–Crippen LogP) is 2.98. The number of aryl methyl sites for hydroxylation is 1. The van der Waals surface area contributed by atoms with E-state index in [2.05, 4.69) is 20.3 Å². The molecule has 0 aromatic carbocycles. The molecule has 2 aromatic heterocycles. The fourth-order valence-electron chi connectivity index (χ4n) is 6.42. The second kappa shape index (κ2) is 7.86. The summed E-state index contributed by atoms with van der Waals surface area (Å²) in [6, 6.07) is 1.51. The lowest BCUT2D eigenvalue weighted by molar-refractivity contribution is -0.126. The number of hydrogen-bond donors (Lipinski definition) is 2. The molecule has 8 nitrogen and oxygen atoms in total. The number of methoxy groups -OCH3 is 1. The van der Waals surface area contributed by atoms with Gasteiger partial charge in [-0.05, 0) is 76.2 Å². The second-order valence-electron chi connectivity index (χ2n) is 9.82. The molecule has 4 aliphatic rings. The van der Waals surface area contributed by atoms with Gasteiger partial charge in [0.05, 0.1) is 23.3 Å². The van der Waals surface area contributed by atoms with Crippen LogP contribution in [0.1, 0.15) is 61.5 Å². The molecule has 1 amide bonds. The van der Waals surface area contributed by atoms with Crippen molar-refractivity contribution in [2.24, 2.45) is 17.8 Å². The van der Waals surface area contributed by atoms with Gasteiger partial charge in [-0.15, -0.1) is 0 Å². The fraction of sp³-hybridized carbons (Fsp3) is 0.609. The molecule has 0 radical (unpaired) electrons. The molecule has 6 rings (SSSR count). The number of aromatic amines is 1. The van der Waals surface area contributed by atoms with Crippen molar-refractivity contribution in [2.45, 2.75) is 68.3 Å². The van der Waals surface area contributed by atoms with Gasteiger partial charge in [0.2, 0.25) is 5.91 Å². The van der Waals surface area contributed by atoms with E-state index in [0.717, 1.165) is 37.0 Å². The van der Waals surface area contributed by atoms with Crippen LogP contribution in [0.2, 0.25) is 0 Å². The minimum Gasteiger partial charge on any atom is -0.465 e. The monoisotopic (exact) mass is 456 g/mol. The second-order valence-corrected chi connectivity index (χ2v) is 11.1. The Morgan fingerprint density at radius 3 is 2.41 bits per heavy atom. The number of fused-ring (bicyclic) bond motifs is 1. The van der Waals surface area contributed by atoms with Gasteiger partial charge < -0.3 is 15.0 Å². The molecular formula is C23H28N4O4S. The number of rotatable bonds is 5. The maximum absolute atomic E-state index is 13.1. The summed E-state index contributed by atoms with van der Waals surface area (Å²) in [6.07, 6.45) is 7.23. The first-order valence-corrected chi connectivity index (χ1v) is 12.1. The molecule has 170 valence electrons. The minimum atomic E-state index is -0.614. The topological polar surface area (TPSA) is 114 Å². The van der Waals surface area contributed by atoms with E-state index in [1.54, 1.807) is 6.92 Å². The molecule has 9 heteroatoms. The molecule has 2 heterocycles. The number of amides is 1. The van der Waals surface area contributed by atoms with Gasteiger partial charge in [-0.25, -0.2) is 14.8 Å². The van der Waals surface area contributed by atoms with Gasteiger partial charge in [0, 0.05) is 11.2 Å². The van der Waals surface area contributed by atoms with Crippen molar-refractivity contribution in [2.75, 3.05) is 7.11 Å². The molecule has 0 aliphatic heterocycles. The van der Waals surface area contributed by atoms with Crippen LogP contribution in [0.5, 0.6) is 0 Å². The molecule has 1 atom stereocenters. The summed E-state index contributed by atoms with van der Waals surface area (Å²) in [5.74, 6) is 1.62. The van der Waals surface area contributed by atoms with Crippen molar-refractivity contribution < 1.29 is 14.3 Å². The van der Waals surface area contributed by atoms with Crippen LogP contribution in [0.25, 0.3) is 11.0 Å². The Hall–Kier alpha value is -2.42. The van der Waals surface area contributed by atoms with Gasteiger partial charge >= 0.3 is 5.97 Å². The zero-order valence-corrected chi connectivity index (χ0v) is 19.4. The van der Waals surface area contributed by atoms with Gasteiger partial charge in [0.25, 0.3) is 5.56 Å². The summed E-state index contributed by atoms with van der Waals surface area (Å²) in [4.78, 5) is 49.4. The number of pyridine rings is 1. The van der Waals surface area contributed by atoms with Gasteiger partial charge in [-0.3, -0.25) is 9.59 Å². The number of nitrogens with one attached hydrogen (secondary N) is 2. The number of thioether (sulfide) groups is 1. The molecular weight excluding hydrogens is 428 g/mol. The smallest absolute Gasteiger partial charge is 0.338 e. The molecule has 4 fully saturated rings. The molecule has 1 unspecified atom stereocenters. The van der Waals surface area contributed by atoms with Gasteiger partial charge in [-0.2, -0.15) is 0 Å². The third kappa shape index (κ3) is 3.80. The first kappa shape index (κ1) is 21.4. The predicted molar refractivity (Wildman–Crippen MR) is 121 cm³/mol. The quantitative estimate of drug-likeness (QED) is 0.404. The average Bonchev–Trinajstić information content (AvgIpc) is 2.70.